The fourth-order valence-corrected chi connectivity index (χ4v) is 4.88. The van der Waals surface area contributed by atoms with Crippen LogP contribution in [0.2, 0.25) is 5.02 Å². The zero-order chi connectivity index (χ0) is 24.1. The minimum Gasteiger partial charge on any atom is -0.461 e. The number of nitrogens with zero attached hydrogens (tertiary/aromatic N) is 3. The molecule has 2 bridgehead atoms. The number of aryl methyl sites for hydroxylation is 2. The fourth-order valence-electron chi connectivity index (χ4n) is 4.80. The summed E-state index contributed by atoms with van der Waals surface area (Å²) in [5.41, 5.74) is 1.74. The van der Waals surface area contributed by atoms with Crippen LogP contribution in [0.3, 0.4) is 0 Å². The van der Waals surface area contributed by atoms with Gasteiger partial charge in [0.2, 0.25) is 0 Å². The maximum absolute atomic E-state index is 14.1. The summed E-state index contributed by atoms with van der Waals surface area (Å²) in [6.07, 6.45) is 1.52. The summed E-state index contributed by atoms with van der Waals surface area (Å²) in [7, 11) is 0. The predicted octanol–water partition coefficient (Wildman–Crippen LogP) is 3.88. The highest BCUT2D eigenvalue weighted by molar-refractivity contribution is 6.31. The number of rotatable bonds is 4. The third-order valence-electron chi connectivity index (χ3n) is 6.55. The first-order valence-electron chi connectivity index (χ1n) is 11.1. The second-order valence-corrected chi connectivity index (χ2v) is 9.42. The number of amides is 1. The quantitative estimate of drug-likeness (QED) is 0.683. The summed E-state index contributed by atoms with van der Waals surface area (Å²) in [5, 5.41) is 12.1. The third-order valence-corrected chi connectivity index (χ3v) is 7.10. The van der Waals surface area contributed by atoms with E-state index in [4.69, 9.17) is 21.7 Å². The number of benzene rings is 1. The lowest BCUT2D eigenvalue weighted by Gasteiger charge is -2.23. The Labute approximate surface area is 200 Å². The van der Waals surface area contributed by atoms with Gasteiger partial charge in [0.1, 0.15) is 29.3 Å². The minimum absolute atomic E-state index is 0.0809. The highest BCUT2D eigenvalue weighted by atomic mass is 35.5. The molecule has 4 heterocycles. The van der Waals surface area contributed by atoms with Gasteiger partial charge >= 0.3 is 0 Å². The molecule has 0 aliphatic carbocycles. The lowest BCUT2D eigenvalue weighted by Crippen LogP contribution is -2.36. The molecule has 0 radical (unpaired) electrons. The molecular weight excluding hydrogens is 464 g/mol. The number of fused-ring (bicyclic) bond motifs is 2. The van der Waals surface area contributed by atoms with E-state index in [1.165, 1.54) is 23.1 Å². The van der Waals surface area contributed by atoms with Crippen molar-refractivity contribution in [2.75, 3.05) is 13.1 Å². The van der Waals surface area contributed by atoms with Crippen LogP contribution in [0.15, 0.2) is 30.0 Å². The number of nitrogens with one attached hydrogen (secondary N) is 2. The van der Waals surface area contributed by atoms with Gasteiger partial charge in [-0.3, -0.25) is 4.79 Å². The Morgan fingerprint density at radius 2 is 2.03 bits per heavy atom. The van der Waals surface area contributed by atoms with E-state index in [0.29, 0.717) is 46.5 Å². The molecule has 3 aliphatic heterocycles. The number of ether oxygens (including phenoxy) is 1. The van der Waals surface area contributed by atoms with Gasteiger partial charge in [-0.25, -0.2) is 18.7 Å². The molecule has 2 fully saturated rings. The lowest BCUT2D eigenvalue weighted by molar-refractivity contribution is 0.0791. The molecule has 2 saturated heterocycles. The van der Waals surface area contributed by atoms with E-state index >= 15 is 0 Å². The fraction of sp³-hybridized carbons (Fsp3) is 0.417. The Hall–Kier alpha value is -2.91. The number of carbonyl (C=O) groups is 1. The third kappa shape index (κ3) is 4.18. The highest BCUT2D eigenvalue weighted by Gasteiger charge is 2.39. The molecule has 10 heteroatoms. The van der Waals surface area contributed by atoms with Crippen molar-refractivity contribution in [2.24, 2.45) is 0 Å². The van der Waals surface area contributed by atoms with Gasteiger partial charge < -0.3 is 20.4 Å². The van der Waals surface area contributed by atoms with E-state index in [1.807, 2.05) is 0 Å². The van der Waals surface area contributed by atoms with Crippen molar-refractivity contribution >= 4 is 23.2 Å². The average molecular weight is 488 g/mol. The number of hydrogen-bond donors (Lipinski definition) is 2. The van der Waals surface area contributed by atoms with Crippen molar-refractivity contribution in [3.8, 4) is 5.75 Å². The van der Waals surface area contributed by atoms with E-state index in [2.05, 4.69) is 15.3 Å². The summed E-state index contributed by atoms with van der Waals surface area (Å²) >= 11 is 6.17. The summed E-state index contributed by atoms with van der Waals surface area (Å²) in [6, 6.07) is 3.27. The molecule has 34 heavy (non-hydrogen) atoms. The van der Waals surface area contributed by atoms with Crippen molar-refractivity contribution in [2.45, 2.75) is 50.9 Å². The smallest absolute Gasteiger partial charge is 0.258 e. The Morgan fingerprint density at radius 3 is 2.74 bits per heavy atom. The largest absolute Gasteiger partial charge is 0.461 e. The van der Waals surface area contributed by atoms with E-state index < -0.39 is 17.9 Å². The van der Waals surface area contributed by atoms with Crippen LogP contribution in [0, 0.1) is 25.1 Å². The van der Waals surface area contributed by atoms with Gasteiger partial charge in [0.25, 0.3) is 5.91 Å². The van der Waals surface area contributed by atoms with E-state index in [9.17, 15) is 13.6 Å². The second-order valence-electron chi connectivity index (χ2n) is 9.04. The molecule has 1 aromatic carbocycles. The molecule has 1 aromatic heterocycles. The van der Waals surface area contributed by atoms with Crippen LogP contribution in [-0.2, 0) is 0 Å². The molecule has 2 N–H and O–H groups in total. The Morgan fingerprint density at radius 1 is 1.29 bits per heavy atom. The molecule has 178 valence electrons. The summed E-state index contributed by atoms with van der Waals surface area (Å²) in [4.78, 5) is 23.8. The van der Waals surface area contributed by atoms with Crippen molar-refractivity contribution in [1.82, 2.24) is 20.2 Å². The first kappa shape index (κ1) is 22.9. The van der Waals surface area contributed by atoms with Crippen LogP contribution >= 0.6 is 11.6 Å². The zero-order valence-corrected chi connectivity index (χ0v) is 19.5. The van der Waals surface area contributed by atoms with E-state index in [-0.39, 0.29) is 42.4 Å². The van der Waals surface area contributed by atoms with Crippen LogP contribution in [0.5, 0.6) is 5.75 Å². The van der Waals surface area contributed by atoms with Gasteiger partial charge in [0, 0.05) is 36.8 Å². The average Bonchev–Trinajstić information content (AvgIpc) is 3.29. The lowest BCUT2D eigenvalue weighted by atomic mass is 10.1. The maximum Gasteiger partial charge on any atom is 0.258 e. The van der Waals surface area contributed by atoms with Crippen LogP contribution in [0.1, 0.15) is 46.3 Å². The van der Waals surface area contributed by atoms with Crippen molar-refractivity contribution in [3.05, 3.63) is 63.6 Å². The Balaban J connectivity index is 1.38. The SMILES string of the molecule is Cc1nc(C2CN(C(=O)c3ccc(F)cc3OC3=CC4CC(F)C(C3)N4)CC2=N)nc(C)c1Cl. The maximum atomic E-state index is 14.1. The number of halogens is 3. The second kappa shape index (κ2) is 8.70. The molecule has 2 aromatic rings. The van der Waals surface area contributed by atoms with Gasteiger partial charge in [0.15, 0.2) is 0 Å². The van der Waals surface area contributed by atoms with Crippen LogP contribution in [0.25, 0.3) is 0 Å². The van der Waals surface area contributed by atoms with Crippen molar-refractivity contribution in [1.29, 1.82) is 5.41 Å². The number of aromatic nitrogens is 2. The first-order chi connectivity index (χ1) is 16.2. The van der Waals surface area contributed by atoms with Gasteiger partial charge in [-0.15, -0.1) is 0 Å². The van der Waals surface area contributed by atoms with Crippen LogP contribution in [-0.4, -0.2) is 57.8 Å². The molecule has 7 nitrogen and oxygen atoms in total. The number of alkyl halides is 1. The molecule has 0 spiro atoms. The normalized spacial score (nSPS) is 26.1. The number of carbonyl (C=O) groups excluding carboxylic acids is 1. The highest BCUT2D eigenvalue weighted by Crippen LogP contribution is 2.33. The van der Waals surface area contributed by atoms with Crippen molar-refractivity contribution in [3.63, 3.8) is 0 Å². The van der Waals surface area contributed by atoms with Crippen LogP contribution in [0.4, 0.5) is 8.78 Å². The molecule has 1 amide bonds. The molecule has 3 aliphatic rings. The van der Waals surface area contributed by atoms with Crippen molar-refractivity contribution < 1.29 is 18.3 Å². The van der Waals surface area contributed by atoms with Gasteiger partial charge in [-0.2, -0.15) is 0 Å². The first-order valence-corrected chi connectivity index (χ1v) is 11.5. The summed E-state index contributed by atoms with van der Waals surface area (Å²) in [6.45, 7) is 3.87. The predicted molar refractivity (Wildman–Crippen MR) is 123 cm³/mol. The molecule has 4 atom stereocenters. The summed E-state index contributed by atoms with van der Waals surface area (Å²) in [5.74, 6) is -0.331. The molecule has 4 unspecified atom stereocenters. The number of hydrogen-bond acceptors (Lipinski definition) is 6. The topological polar surface area (TPSA) is 91.2 Å². The number of likely N-dealkylation sites (tertiary alicyclic amines) is 1. The van der Waals surface area contributed by atoms with E-state index in [1.54, 1.807) is 19.9 Å². The standard InChI is InChI=1S/C24H24ClF2N5O2/c1-11-22(25)12(2)30-23(29-11)17-9-32(10-19(17)28)24(33)16-4-3-13(26)5-21(16)34-15-6-14-7-18(27)20(8-15)31-14/h3-6,14,17-18,20,28,31H,7-10H2,1-2H3. The zero-order valence-electron chi connectivity index (χ0n) is 18.7. The monoisotopic (exact) mass is 487 g/mol. The van der Waals surface area contributed by atoms with Gasteiger partial charge in [-0.1, -0.05) is 11.6 Å². The van der Waals surface area contributed by atoms with Gasteiger partial charge in [-0.05, 0) is 38.5 Å². The summed E-state index contributed by atoms with van der Waals surface area (Å²) < 4.78 is 34.0. The molecular formula is C24H24ClF2N5O2. The molecule has 5 rings (SSSR count). The van der Waals surface area contributed by atoms with Crippen LogP contribution < -0.4 is 10.1 Å². The van der Waals surface area contributed by atoms with Gasteiger partial charge in [0.05, 0.1) is 34.4 Å². The Bertz CT molecular complexity index is 1190. The Kier molecular flexibility index (Phi) is 5.85. The minimum atomic E-state index is -0.967. The molecule has 0 saturated carbocycles. The van der Waals surface area contributed by atoms with E-state index in [0.717, 1.165) is 0 Å².